The highest BCUT2D eigenvalue weighted by molar-refractivity contribution is 7.89. The summed E-state index contributed by atoms with van der Waals surface area (Å²) in [5.74, 6) is -2.55. The highest BCUT2D eigenvalue weighted by atomic mass is 32.2. The van der Waals surface area contributed by atoms with Crippen molar-refractivity contribution in [2.24, 2.45) is 0 Å². The Morgan fingerprint density at radius 1 is 1.16 bits per heavy atom. The first-order valence-corrected chi connectivity index (χ1v) is 9.56. The summed E-state index contributed by atoms with van der Waals surface area (Å²) in [7, 11) is -4.31. The molecule has 1 aromatic heterocycles. The Hall–Kier alpha value is -1.98. The Morgan fingerprint density at radius 2 is 1.76 bits per heavy atom. The van der Waals surface area contributed by atoms with Crippen molar-refractivity contribution >= 4 is 27.5 Å². The van der Waals surface area contributed by atoms with Crippen molar-refractivity contribution in [3.8, 4) is 0 Å². The van der Waals surface area contributed by atoms with Crippen molar-refractivity contribution in [1.29, 1.82) is 0 Å². The average molecular weight is 388 g/mol. The van der Waals surface area contributed by atoms with Gasteiger partial charge in [0.05, 0.1) is 5.69 Å². The van der Waals surface area contributed by atoms with Gasteiger partial charge in [0.25, 0.3) is 5.91 Å². The molecule has 3 rings (SSSR count). The first-order chi connectivity index (χ1) is 11.8. The SMILES string of the molecule is Cc1nnsc1C(=O)N1CCN(S(=O)(=O)c2c(F)cccc2F)CC1. The van der Waals surface area contributed by atoms with Crippen molar-refractivity contribution in [1.82, 2.24) is 18.8 Å². The summed E-state index contributed by atoms with van der Waals surface area (Å²) in [4.78, 5) is 13.3. The van der Waals surface area contributed by atoms with E-state index in [-0.39, 0.29) is 32.1 Å². The van der Waals surface area contributed by atoms with Gasteiger partial charge in [0.15, 0.2) is 4.90 Å². The molecule has 1 saturated heterocycles. The molecule has 0 bridgehead atoms. The fourth-order valence-corrected chi connectivity index (χ4v) is 4.72. The minimum absolute atomic E-state index is 0.0485. The number of hydrogen-bond acceptors (Lipinski definition) is 6. The van der Waals surface area contributed by atoms with E-state index >= 15 is 0 Å². The van der Waals surface area contributed by atoms with E-state index in [2.05, 4.69) is 9.59 Å². The molecule has 1 amide bonds. The van der Waals surface area contributed by atoms with Gasteiger partial charge >= 0.3 is 0 Å². The van der Waals surface area contributed by atoms with Gasteiger partial charge < -0.3 is 4.90 Å². The predicted octanol–water partition coefficient (Wildman–Crippen LogP) is 1.27. The van der Waals surface area contributed by atoms with Crippen LogP contribution >= 0.6 is 11.5 Å². The zero-order valence-electron chi connectivity index (χ0n) is 13.1. The number of nitrogens with zero attached hydrogens (tertiary/aromatic N) is 4. The summed E-state index contributed by atoms with van der Waals surface area (Å²) < 4.78 is 57.3. The van der Waals surface area contributed by atoms with Gasteiger partial charge in [-0.05, 0) is 30.6 Å². The topological polar surface area (TPSA) is 83.5 Å². The number of rotatable bonds is 3. The van der Waals surface area contributed by atoms with Gasteiger partial charge in [0.1, 0.15) is 16.5 Å². The van der Waals surface area contributed by atoms with Gasteiger partial charge in [-0.2, -0.15) is 4.31 Å². The zero-order chi connectivity index (χ0) is 18.2. The van der Waals surface area contributed by atoms with Crippen molar-refractivity contribution in [3.05, 3.63) is 40.4 Å². The van der Waals surface area contributed by atoms with Crippen molar-refractivity contribution in [3.63, 3.8) is 0 Å². The van der Waals surface area contributed by atoms with E-state index in [4.69, 9.17) is 0 Å². The number of aryl methyl sites for hydroxylation is 1. The molecule has 0 spiro atoms. The fourth-order valence-electron chi connectivity index (χ4n) is 2.56. The maximum atomic E-state index is 13.8. The standard InChI is InChI=1S/C14H14F2N4O3S2/c1-9-12(24-18-17-9)14(21)19-5-7-20(8-6-19)25(22,23)13-10(15)3-2-4-11(13)16/h2-4H,5-8H2,1H3. The van der Waals surface area contributed by atoms with Crippen LogP contribution in [0.2, 0.25) is 0 Å². The lowest BCUT2D eigenvalue weighted by molar-refractivity contribution is 0.0701. The van der Waals surface area contributed by atoms with Crippen LogP contribution in [0, 0.1) is 18.6 Å². The molecular weight excluding hydrogens is 374 g/mol. The van der Waals surface area contributed by atoms with E-state index in [1.54, 1.807) is 6.92 Å². The van der Waals surface area contributed by atoms with Crippen LogP contribution < -0.4 is 0 Å². The van der Waals surface area contributed by atoms with Gasteiger partial charge in [0, 0.05) is 26.2 Å². The number of aromatic nitrogens is 2. The summed E-state index contributed by atoms with van der Waals surface area (Å²) in [5.41, 5.74) is 0.512. The molecule has 11 heteroatoms. The molecule has 0 atom stereocenters. The van der Waals surface area contributed by atoms with Crippen LogP contribution in [-0.2, 0) is 10.0 Å². The number of hydrogen-bond donors (Lipinski definition) is 0. The van der Waals surface area contributed by atoms with E-state index < -0.39 is 26.6 Å². The molecule has 0 saturated carbocycles. The lowest BCUT2D eigenvalue weighted by Gasteiger charge is -2.33. The molecule has 0 radical (unpaired) electrons. The number of sulfonamides is 1. The summed E-state index contributed by atoms with van der Waals surface area (Å²) in [6, 6.07) is 2.90. The Balaban J connectivity index is 1.76. The second-order valence-electron chi connectivity index (χ2n) is 5.43. The molecule has 1 aliphatic heterocycles. The third kappa shape index (κ3) is 3.26. The van der Waals surface area contributed by atoms with E-state index in [0.29, 0.717) is 10.6 Å². The summed E-state index contributed by atoms with van der Waals surface area (Å²) in [6.45, 7) is 1.80. The summed E-state index contributed by atoms with van der Waals surface area (Å²) >= 11 is 0.975. The third-order valence-corrected chi connectivity index (χ3v) is 6.66. The predicted molar refractivity (Wildman–Crippen MR) is 85.7 cm³/mol. The number of benzene rings is 1. The largest absolute Gasteiger partial charge is 0.335 e. The summed E-state index contributed by atoms with van der Waals surface area (Å²) in [6.07, 6.45) is 0. The minimum atomic E-state index is -4.31. The van der Waals surface area contributed by atoms with E-state index in [1.165, 1.54) is 4.90 Å². The zero-order valence-corrected chi connectivity index (χ0v) is 14.8. The van der Waals surface area contributed by atoms with Crippen molar-refractivity contribution < 1.29 is 22.0 Å². The van der Waals surface area contributed by atoms with Crippen LogP contribution in [0.5, 0.6) is 0 Å². The number of carbonyl (C=O) groups is 1. The lowest BCUT2D eigenvalue weighted by Crippen LogP contribution is -2.50. The second kappa shape index (κ2) is 6.73. The minimum Gasteiger partial charge on any atom is -0.335 e. The van der Waals surface area contributed by atoms with Crippen molar-refractivity contribution in [2.75, 3.05) is 26.2 Å². The Kier molecular flexibility index (Phi) is 4.80. The number of halogens is 2. The molecular formula is C14H14F2N4O3S2. The number of piperazine rings is 1. The smallest absolute Gasteiger partial charge is 0.267 e. The molecule has 7 nitrogen and oxygen atoms in total. The van der Waals surface area contributed by atoms with Gasteiger partial charge in [0.2, 0.25) is 10.0 Å². The molecule has 2 heterocycles. The van der Waals surface area contributed by atoms with Crippen LogP contribution in [0.1, 0.15) is 15.4 Å². The third-order valence-electron chi connectivity index (χ3n) is 3.89. The first-order valence-electron chi connectivity index (χ1n) is 7.34. The van der Waals surface area contributed by atoms with Crippen LogP contribution in [0.4, 0.5) is 8.78 Å². The monoisotopic (exact) mass is 388 g/mol. The maximum Gasteiger partial charge on any atom is 0.267 e. The van der Waals surface area contributed by atoms with E-state index in [0.717, 1.165) is 34.0 Å². The lowest BCUT2D eigenvalue weighted by atomic mass is 10.3. The van der Waals surface area contributed by atoms with Gasteiger partial charge in [-0.3, -0.25) is 4.79 Å². The average Bonchev–Trinajstić information content (AvgIpc) is 3.00. The van der Waals surface area contributed by atoms with Crippen LogP contribution in [0.3, 0.4) is 0 Å². The molecule has 134 valence electrons. The number of carbonyl (C=O) groups excluding carboxylic acids is 1. The van der Waals surface area contributed by atoms with E-state index in [1.807, 2.05) is 0 Å². The van der Waals surface area contributed by atoms with Crippen LogP contribution in [-0.4, -0.2) is 59.3 Å². The molecule has 2 aromatic rings. The van der Waals surface area contributed by atoms with Gasteiger partial charge in [-0.15, -0.1) is 5.10 Å². The Labute approximate surface area is 147 Å². The Morgan fingerprint density at radius 3 is 2.28 bits per heavy atom. The van der Waals surface area contributed by atoms with Crippen LogP contribution in [0.15, 0.2) is 23.1 Å². The fraction of sp³-hybridized carbons (Fsp3) is 0.357. The van der Waals surface area contributed by atoms with Gasteiger partial charge in [-0.25, -0.2) is 17.2 Å². The molecule has 1 aromatic carbocycles. The highest BCUT2D eigenvalue weighted by Crippen LogP contribution is 2.24. The first kappa shape index (κ1) is 17.8. The summed E-state index contributed by atoms with van der Waals surface area (Å²) in [5, 5.41) is 3.78. The molecule has 25 heavy (non-hydrogen) atoms. The maximum absolute atomic E-state index is 13.8. The van der Waals surface area contributed by atoms with E-state index in [9.17, 15) is 22.0 Å². The highest BCUT2D eigenvalue weighted by Gasteiger charge is 2.34. The molecule has 1 aliphatic rings. The quantitative estimate of drug-likeness (QED) is 0.791. The normalized spacial score (nSPS) is 16.2. The molecule has 0 N–H and O–H groups in total. The van der Waals surface area contributed by atoms with Gasteiger partial charge in [-0.1, -0.05) is 10.6 Å². The second-order valence-corrected chi connectivity index (χ2v) is 8.06. The molecule has 0 unspecified atom stereocenters. The molecule has 0 aliphatic carbocycles. The molecule has 1 fully saturated rings. The Bertz CT molecular complexity index is 888. The van der Waals surface area contributed by atoms with Crippen molar-refractivity contribution in [2.45, 2.75) is 11.8 Å². The number of amides is 1. The van der Waals surface area contributed by atoms with Crippen LogP contribution in [0.25, 0.3) is 0 Å².